The van der Waals surface area contributed by atoms with E-state index in [0.717, 1.165) is 4.47 Å². The molecular formula is C12H16BBr. The highest BCUT2D eigenvalue weighted by atomic mass is 79.9. The SMILES string of the molecule is CCCB(C)/C=C\c1ccc(Br)cc1. The van der Waals surface area contributed by atoms with Crippen molar-refractivity contribution in [2.24, 2.45) is 0 Å². The molecule has 0 aliphatic rings. The lowest BCUT2D eigenvalue weighted by molar-refractivity contribution is 1.07. The molecule has 0 radical (unpaired) electrons. The maximum absolute atomic E-state index is 3.43. The van der Waals surface area contributed by atoms with Crippen molar-refractivity contribution < 1.29 is 0 Å². The molecule has 0 bridgehead atoms. The van der Waals surface area contributed by atoms with E-state index in [1.54, 1.807) is 0 Å². The minimum atomic E-state index is 0.684. The normalized spacial score (nSPS) is 10.8. The van der Waals surface area contributed by atoms with Gasteiger partial charge in [0.2, 0.25) is 0 Å². The van der Waals surface area contributed by atoms with Crippen LogP contribution in [0.4, 0.5) is 0 Å². The van der Waals surface area contributed by atoms with Gasteiger partial charge >= 0.3 is 0 Å². The van der Waals surface area contributed by atoms with Gasteiger partial charge in [0.25, 0.3) is 0 Å². The van der Waals surface area contributed by atoms with E-state index < -0.39 is 0 Å². The highest BCUT2D eigenvalue weighted by molar-refractivity contribution is 9.10. The van der Waals surface area contributed by atoms with Crippen LogP contribution in [-0.2, 0) is 0 Å². The zero-order valence-electron chi connectivity index (χ0n) is 8.83. The third-order valence-electron chi connectivity index (χ3n) is 2.23. The van der Waals surface area contributed by atoms with Crippen molar-refractivity contribution in [3.8, 4) is 0 Å². The monoisotopic (exact) mass is 250 g/mol. The molecule has 14 heavy (non-hydrogen) atoms. The van der Waals surface area contributed by atoms with Gasteiger partial charge in [0.15, 0.2) is 6.71 Å². The second kappa shape index (κ2) is 6.08. The first kappa shape index (κ1) is 11.6. The zero-order valence-corrected chi connectivity index (χ0v) is 10.4. The Morgan fingerprint density at radius 3 is 2.50 bits per heavy atom. The fourth-order valence-corrected chi connectivity index (χ4v) is 1.67. The summed E-state index contributed by atoms with van der Waals surface area (Å²) in [6, 6.07) is 8.40. The molecule has 2 heteroatoms. The van der Waals surface area contributed by atoms with E-state index in [4.69, 9.17) is 0 Å². The lowest BCUT2D eigenvalue weighted by Crippen LogP contribution is -2.00. The van der Waals surface area contributed by atoms with E-state index in [1.807, 2.05) is 0 Å². The third kappa shape index (κ3) is 4.14. The quantitative estimate of drug-likeness (QED) is 0.689. The highest BCUT2D eigenvalue weighted by Crippen LogP contribution is 2.12. The Kier molecular flexibility index (Phi) is 5.03. The van der Waals surface area contributed by atoms with Crippen LogP contribution in [-0.4, -0.2) is 6.71 Å². The summed E-state index contributed by atoms with van der Waals surface area (Å²) in [6.07, 6.45) is 4.73. The third-order valence-corrected chi connectivity index (χ3v) is 2.76. The van der Waals surface area contributed by atoms with Crippen LogP contribution in [0.25, 0.3) is 6.08 Å². The van der Waals surface area contributed by atoms with Crippen LogP contribution in [0.5, 0.6) is 0 Å². The van der Waals surface area contributed by atoms with Crippen LogP contribution in [0.3, 0.4) is 0 Å². The molecule has 0 nitrogen and oxygen atoms in total. The van der Waals surface area contributed by atoms with Gasteiger partial charge in [-0.25, -0.2) is 0 Å². The molecule has 1 aromatic carbocycles. The van der Waals surface area contributed by atoms with Gasteiger partial charge in [-0.15, -0.1) is 5.98 Å². The molecule has 0 fully saturated rings. The Labute approximate surface area is 95.6 Å². The Morgan fingerprint density at radius 1 is 1.29 bits per heavy atom. The highest BCUT2D eigenvalue weighted by Gasteiger charge is 1.98. The summed E-state index contributed by atoms with van der Waals surface area (Å²) in [5, 5.41) is 0. The molecular weight excluding hydrogens is 235 g/mol. The van der Waals surface area contributed by atoms with E-state index in [-0.39, 0.29) is 0 Å². The topological polar surface area (TPSA) is 0 Å². The minimum absolute atomic E-state index is 0.684. The Hall–Kier alpha value is -0.495. The van der Waals surface area contributed by atoms with Crippen LogP contribution < -0.4 is 0 Å². The number of benzene rings is 1. The molecule has 1 aromatic rings. The van der Waals surface area contributed by atoms with Crippen molar-refractivity contribution in [2.45, 2.75) is 26.5 Å². The van der Waals surface area contributed by atoms with Crippen molar-refractivity contribution >= 4 is 28.7 Å². The van der Waals surface area contributed by atoms with Crippen molar-refractivity contribution in [2.75, 3.05) is 0 Å². The molecule has 0 aliphatic carbocycles. The lowest BCUT2D eigenvalue weighted by Gasteiger charge is -1.98. The van der Waals surface area contributed by atoms with Gasteiger partial charge in [-0.2, -0.15) is 0 Å². The number of hydrogen-bond donors (Lipinski definition) is 0. The predicted molar refractivity (Wildman–Crippen MR) is 69.9 cm³/mol. The molecule has 0 saturated carbocycles. The van der Waals surface area contributed by atoms with E-state index in [1.165, 1.54) is 18.3 Å². The summed E-state index contributed by atoms with van der Waals surface area (Å²) >= 11 is 3.43. The molecule has 0 saturated heterocycles. The van der Waals surface area contributed by atoms with E-state index in [0.29, 0.717) is 6.71 Å². The van der Waals surface area contributed by atoms with E-state index in [2.05, 4.69) is 66.0 Å². The first-order valence-corrected chi connectivity index (χ1v) is 5.95. The van der Waals surface area contributed by atoms with Crippen LogP contribution in [0.1, 0.15) is 18.9 Å². The summed E-state index contributed by atoms with van der Waals surface area (Å²) in [5.41, 5.74) is 1.27. The maximum atomic E-state index is 3.43. The van der Waals surface area contributed by atoms with Gasteiger partial charge < -0.3 is 0 Å². The second-order valence-electron chi connectivity index (χ2n) is 3.68. The fraction of sp³-hybridized carbons (Fsp3) is 0.333. The Morgan fingerprint density at radius 2 is 1.93 bits per heavy atom. The van der Waals surface area contributed by atoms with Crippen LogP contribution in [0.2, 0.25) is 13.1 Å². The second-order valence-corrected chi connectivity index (χ2v) is 4.59. The smallest absolute Gasteiger partial charge is 0.115 e. The molecule has 1 rings (SSSR count). The van der Waals surface area contributed by atoms with Crippen molar-refractivity contribution in [1.82, 2.24) is 0 Å². The standard InChI is InChI=1S/C12H16BBr/c1-3-9-13(2)10-8-11-4-6-12(14)7-5-11/h4-8,10H,3,9H2,1-2H3/b10-8-. The predicted octanol–water partition coefficient (Wildman–Crippen LogP) is 4.54. The Bertz CT molecular complexity index is 290. The molecule has 74 valence electrons. The molecule has 0 unspecified atom stereocenters. The minimum Gasteiger partial charge on any atom is -0.115 e. The zero-order chi connectivity index (χ0) is 10.4. The number of hydrogen-bond acceptors (Lipinski definition) is 0. The molecule has 0 atom stereocenters. The molecule has 0 amide bonds. The lowest BCUT2D eigenvalue weighted by atomic mass is 9.49. The molecule has 0 aromatic heterocycles. The average molecular weight is 251 g/mol. The van der Waals surface area contributed by atoms with Crippen LogP contribution >= 0.6 is 15.9 Å². The first-order valence-electron chi connectivity index (χ1n) is 5.16. The van der Waals surface area contributed by atoms with Crippen molar-refractivity contribution in [3.63, 3.8) is 0 Å². The first-order chi connectivity index (χ1) is 6.72. The summed E-state index contributed by atoms with van der Waals surface area (Å²) in [7, 11) is 0. The Balaban J connectivity index is 2.55. The van der Waals surface area contributed by atoms with E-state index >= 15 is 0 Å². The van der Waals surface area contributed by atoms with E-state index in [9.17, 15) is 0 Å². The molecule has 0 aliphatic heterocycles. The van der Waals surface area contributed by atoms with Gasteiger partial charge in [-0.05, 0) is 17.7 Å². The van der Waals surface area contributed by atoms with Gasteiger partial charge in [0, 0.05) is 4.47 Å². The summed E-state index contributed by atoms with van der Waals surface area (Å²) in [5.74, 6) is 2.28. The van der Waals surface area contributed by atoms with Crippen molar-refractivity contribution in [1.29, 1.82) is 0 Å². The maximum Gasteiger partial charge on any atom is 0.163 e. The van der Waals surface area contributed by atoms with Crippen molar-refractivity contribution in [3.05, 3.63) is 40.3 Å². The molecule has 0 heterocycles. The summed E-state index contributed by atoms with van der Waals surface area (Å²) < 4.78 is 1.14. The molecule has 0 spiro atoms. The summed E-state index contributed by atoms with van der Waals surface area (Å²) in [4.78, 5) is 0. The van der Waals surface area contributed by atoms with Gasteiger partial charge in [0.05, 0.1) is 0 Å². The summed E-state index contributed by atoms with van der Waals surface area (Å²) in [6.45, 7) is 5.17. The molecule has 0 N–H and O–H groups in total. The largest absolute Gasteiger partial charge is 0.163 e. The number of rotatable bonds is 4. The van der Waals surface area contributed by atoms with Gasteiger partial charge in [0.1, 0.15) is 0 Å². The van der Waals surface area contributed by atoms with Crippen LogP contribution in [0.15, 0.2) is 34.7 Å². The average Bonchev–Trinajstić information content (AvgIpc) is 2.17. The fourth-order valence-electron chi connectivity index (χ4n) is 1.40. The van der Waals surface area contributed by atoms with Gasteiger partial charge in [-0.3, -0.25) is 0 Å². The van der Waals surface area contributed by atoms with Crippen LogP contribution in [0, 0.1) is 0 Å². The van der Waals surface area contributed by atoms with Gasteiger partial charge in [-0.1, -0.05) is 60.6 Å². The number of halogens is 1.